The van der Waals surface area contributed by atoms with Gasteiger partial charge in [0.05, 0.1) is 0 Å². The van der Waals surface area contributed by atoms with E-state index in [1.54, 1.807) is 0 Å². The molecule has 1 aliphatic rings. The van der Waals surface area contributed by atoms with Crippen molar-refractivity contribution in [3.05, 3.63) is 65.7 Å². The first-order valence-electron chi connectivity index (χ1n) is 11.1. The maximum atomic E-state index is 13.2. The molecule has 1 aliphatic heterocycles. The molecule has 1 saturated heterocycles. The highest BCUT2D eigenvalue weighted by molar-refractivity contribution is 5.87. The molecule has 0 unspecified atom stereocenters. The average molecular weight is 423 g/mol. The number of nitrogens with zero attached hydrogens (tertiary/aromatic N) is 2. The van der Waals surface area contributed by atoms with Crippen molar-refractivity contribution in [3.8, 4) is 0 Å². The molecule has 6 nitrogen and oxygen atoms in total. The Morgan fingerprint density at radius 3 is 2.19 bits per heavy atom. The molecule has 0 aromatic heterocycles. The summed E-state index contributed by atoms with van der Waals surface area (Å²) in [6.45, 7) is 9.52. The highest BCUT2D eigenvalue weighted by Gasteiger charge is 2.29. The number of carbonyl (C=O) groups is 2. The number of aryl methyl sites for hydroxylation is 1. The van der Waals surface area contributed by atoms with Crippen molar-refractivity contribution in [1.29, 1.82) is 0 Å². The Labute approximate surface area is 185 Å². The van der Waals surface area contributed by atoms with Gasteiger partial charge in [0.1, 0.15) is 6.04 Å². The molecule has 31 heavy (non-hydrogen) atoms. The molecular formula is C25H34N4O2. The predicted octanol–water partition coefficient (Wildman–Crippen LogP) is 3.56. The van der Waals surface area contributed by atoms with E-state index in [2.05, 4.69) is 41.5 Å². The second kappa shape index (κ2) is 10.8. The number of piperazine rings is 1. The van der Waals surface area contributed by atoms with Crippen molar-refractivity contribution in [2.45, 2.75) is 39.8 Å². The smallest absolute Gasteiger partial charge is 0.315 e. The van der Waals surface area contributed by atoms with Gasteiger partial charge in [-0.25, -0.2) is 4.79 Å². The Morgan fingerprint density at radius 1 is 0.935 bits per heavy atom. The number of rotatable bonds is 7. The molecule has 0 bridgehead atoms. The third kappa shape index (κ3) is 6.74. The minimum Gasteiger partial charge on any atom is -0.368 e. The zero-order chi connectivity index (χ0) is 22.2. The van der Waals surface area contributed by atoms with Crippen LogP contribution in [0.1, 0.15) is 31.4 Å². The maximum absolute atomic E-state index is 13.2. The number of amides is 3. The van der Waals surface area contributed by atoms with Gasteiger partial charge in [0.15, 0.2) is 0 Å². The lowest BCUT2D eigenvalue weighted by Crippen LogP contribution is -2.56. The van der Waals surface area contributed by atoms with Crippen LogP contribution in [0.3, 0.4) is 0 Å². The lowest BCUT2D eigenvalue weighted by atomic mass is 10.0. The van der Waals surface area contributed by atoms with Crippen LogP contribution in [0.2, 0.25) is 0 Å². The maximum Gasteiger partial charge on any atom is 0.315 e. The van der Waals surface area contributed by atoms with Gasteiger partial charge in [-0.05, 0) is 37.0 Å². The number of hydrogen-bond acceptors (Lipinski definition) is 3. The van der Waals surface area contributed by atoms with Crippen molar-refractivity contribution in [3.63, 3.8) is 0 Å². The molecular weight excluding hydrogens is 388 g/mol. The van der Waals surface area contributed by atoms with E-state index in [0.29, 0.717) is 32.0 Å². The van der Waals surface area contributed by atoms with Crippen molar-refractivity contribution in [2.24, 2.45) is 5.92 Å². The van der Waals surface area contributed by atoms with Crippen LogP contribution in [0.15, 0.2) is 54.6 Å². The molecule has 0 aliphatic carbocycles. The third-order valence-electron chi connectivity index (χ3n) is 5.60. The first kappa shape index (κ1) is 22.7. The first-order valence-corrected chi connectivity index (χ1v) is 11.1. The van der Waals surface area contributed by atoms with Gasteiger partial charge in [-0.3, -0.25) is 4.79 Å². The van der Waals surface area contributed by atoms with E-state index in [4.69, 9.17) is 0 Å². The second-order valence-electron chi connectivity index (χ2n) is 8.64. The summed E-state index contributed by atoms with van der Waals surface area (Å²) < 4.78 is 0. The fourth-order valence-electron chi connectivity index (χ4n) is 3.83. The number of hydrogen-bond donors (Lipinski definition) is 2. The highest BCUT2D eigenvalue weighted by atomic mass is 16.2. The number of urea groups is 1. The average Bonchev–Trinajstić information content (AvgIpc) is 2.78. The van der Waals surface area contributed by atoms with E-state index in [1.807, 2.05) is 54.3 Å². The van der Waals surface area contributed by atoms with Gasteiger partial charge in [-0.15, -0.1) is 0 Å². The minimum absolute atomic E-state index is 0.00639. The number of benzene rings is 2. The Hall–Kier alpha value is -3.02. The lowest BCUT2D eigenvalue weighted by Gasteiger charge is -2.38. The van der Waals surface area contributed by atoms with Gasteiger partial charge in [0.25, 0.3) is 0 Å². The van der Waals surface area contributed by atoms with Crippen molar-refractivity contribution >= 4 is 17.6 Å². The minimum atomic E-state index is -0.513. The standard InChI is InChI=1S/C25H34N4O2/c1-19(2)17-23(27-25(31)26-18-21-11-9-20(3)10-12-21)24(30)29-15-13-28(14-16-29)22-7-5-4-6-8-22/h4-12,19,23H,13-18H2,1-3H3,(H2,26,27,31)/t23-/m0/s1. The fourth-order valence-corrected chi connectivity index (χ4v) is 3.83. The largest absolute Gasteiger partial charge is 0.368 e. The fraction of sp³-hybridized carbons (Fsp3) is 0.440. The topological polar surface area (TPSA) is 64.7 Å². The van der Waals surface area contributed by atoms with Gasteiger partial charge in [0, 0.05) is 38.4 Å². The van der Waals surface area contributed by atoms with Crippen LogP contribution in [0.25, 0.3) is 0 Å². The van der Waals surface area contributed by atoms with Crippen LogP contribution >= 0.6 is 0 Å². The van der Waals surface area contributed by atoms with Crippen LogP contribution in [-0.2, 0) is 11.3 Å². The molecule has 6 heteroatoms. The first-order chi connectivity index (χ1) is 14.9. The Morgan fingerprint density at radius 2 is 1.58 bits per heavy atom. The SMILES string of the molecule is Cc1ccc(CNC(=O)N[C@@H](CC(C)C)C(=O)N2CCN(c3ccccc3)CC2)cc1. The van der Waals surface area contributed by atoms with Gasteiger partial charge < -0.3 is 20.4 Å². The van der Waals surface area contributed by atoms with Gasteiger partial charge in [-0.1, -0.05) is 61.9 Å². The highest BCUT2D eigenvalue weighted by Crippen LogP contribution is 2.17. The summed E-state index contributed by atoms with van der Waals surface area (Å²) in [5.41, 5.74) is 3.40. The van der Waals surface area contributed by atoms with E-state index in [9.17, 15) is 9.59 Å². The van der Waals surface area contributed by atoms with Crippen molar-refractivity contribution in [2.75, 3.05) is 31.1 Å². The zero-order valence-electron chi connectivity index (χ0n) is 18.8. The van der Waals surface area contributed by atoms with Crippen LogP contribution in [0, 0.1) is 12.8 Å². The quantitative estimate of drug-likeness (QED) is 0.717. The molecule has 166 valence electrons. The molecule has 1 heterocycles. The van der Waals surface area contributed by atoms with Gasteiger partial charge in [0.2, 0.25) is 5.91 Å². The van der Waals surface area contributed by atoms with E-state index in [1.165, 1.54) is 11.3 Å². The molecule has 0 radical (unpaired) electrons. The summed E-state index contributed by atoms with van der Waals surface area (Å²) in [6, 6.07) is 17.5. The number of nitrogens with one attached hydrogen (secondary N) is 2. The zero-order valence-corrected chi connectivity index (χ0v) is 18.8. The normalized spacial score (nSPS) is 15.0. The monoisotopic (exact) mass is 422 g/mol. The molecule has 2 aromatic carbocycles. The Balaban J connectivity index is 1.53. The molecule has 0 saturated carbocycles. The molecule has 1 fully saturated rings. The number of anilines is 1. The van der Waals surface area contributed by atoms with E-state index >= 15 is 0 Å². The van der Waals surface area contributed by atoms with Gasteiger partial charge in [-0.2, -0.15) is 0 Å². The summed E-state index contributed by atoms with van der Waals surface area (Å²) in [5, 5.41) is 5.79. The third-order valence-corrected chi connectivity index (χ3v) is 5.60. The van der Waals surface area contributed by atoms with E-state index in [0.717, 1.165) is 18.7 Å². The van der Waals surface area contributed by atoms with Crippen LogP contribution in [-0.4, -0.2) is 49.1 Å². The second-order valence-corrected chi connectivity index (χ2v) is 8.64. The Kier molecular flexibility index (Phi) is 7.93. The Bertz CT molecular complexity index is 844. The summed E-state index contributed by atoms with van der Waals surface area (Å²) in [5.74, 6) is 0.309. The van der Waals surface area contributed by atoms with E-state index < -0.39 is 6.04 Å². The van der Waals surface area contributed by atoms with Crippen molar-refractivity contribution < 1.29 is 9.59 Å². The van der Waals surface area contributed by atoms with Gasteiger partial charge >= 0.3 is 6.03 Å². The number of para-hydroxylation sites is 1. The molecule has 2 N–H and O–H groups in total. The predicted molar refractivity (Wildman–Crippen MR) is 125 cm³/mol. The molecule has 3 rings (SSSR count). The lowest BCUT2D eigenvalue weighted by molar-refractivity contribution is -0.133. The van der Waals surface area contributed by atoms with Crippen LogP contribution in [0.4, 0.5) is 10.5 Å². The molecule has 3 amide bonds. The summed E-state index contributed by atoms with van der Waals surface area (Å²) in [4.78, 5) is 29.9. The summed E-state index contributed by atoms with van der Waals surface area (Å²) >= 11 is 0. The van der Waals surface area contributed by atoms with Crippen LogP contribution in [0.5, 0.6) is 0 Å². The van der Waals surface area contributed by atoms with Crippen molar-refractivity contribution in [1.82, 2.24) is 15.5 Å². The van der Waals surface area contributed by atoms with E-state index in [-0.39, 0.29) is 11.9 Å². The molecule has 0 spiro atoms. The molecule has 1 atom stereocenters. The summed E-state index contributed by atoms with van der Waals surface area (Å²) in [6.07, 6.45) is 0.621. The molecule has 2 aromatic rings. The van der Waals surface area contributed by atoms with Crippen LogP contribution < -0.4 is 15.5 Å². The summed E-state index contributed by atoms with van der Waals surface area (Å²) in [7, 11) is 0. The number of carbonyl (C=O) groups excluding carboxylic acids is 2.